The molecule has 1 saturated carbocycles. The number of carbonyl (C=O) groups excluding carboxylic acids is 2. The van der Waals surface area contributed by atoms with Crippen LogP contribution >= 0.6 is 0 Å². The van der Waals surface area contributed by atoms with E-state index in [9.17, 15) is 9.59 Å². The number of rotatable bonds is 5. The number of ether oxygens (including phenoxy) is 1. The predicted molar refractivity (Wildman–Crippen MR) is 133 cm³/mol. The summed E-state index contributed by atoms with van der Waals surface area (Å²) in [5.41, 5.74) is 4.86. The van der Waals surface area contributed by atoms with Gasteiger partial charge in [-0.25, -0.2) is 14.8 Å². The van der Waals surface area contributed by atoms with Crippen molar-refractivity contribution in [3.05, 3.63) is 23.7 Å². The number of nitrogens with one attached hydrogen (secondary N) is 2. The third-order valence-electron chi connectivity index (χ3n) is 7.78. The summed E-state index contributed by atoms with van der Waals surface area (Å²) in [7, 11) is 1.96. The van der Waals surface area contributed by atoms with Gasteiger partial charge in [0.05, 0.1) is 12.3 Å². The Kier molecular flexibility index (Phi) is 6.02. The molecule has 1 saturated heterocycles. The normalized spacial score (nSPS) is 18.8. The summed E-state index contributed by atoms with van der Waals surface area (Å²) in [4.78, 5) is 40.1. The van der Waals surface area contributed by atoms with E-state index in [4.69, 9.17) is 20.1 Å². The van der Waals surface area contributed by atoms with Crippen LogP contribution in [0.25, 0.3) is 22.6 Å². The largest absolute Gasteiger partial charge is 0.413 e. The molecule has 11 nitrogen and oxygen atoms in total. The molecule has 0 bridgehead atoms. The summed E-state index contributed by atoms with van der Waals surface area (Å²) < 4.78 is 7.56. The molecule has 11 heteroatoms. The Morgan fingerprint density at radius 3 is 2.76 bits per heavy atom. The predicted octanol–water partition coefficient (Wildman–Crippen LogP) is 2.87. The zero-order chi connectivity index (χ0) is 25.5. The summed E-state index contributed by atoms with van der Waals surface area (Å²) in [6, 6.07) is 1.66. The first-order valence-corrected chi connectivity index (χ1v) is 13.1. The van der Waals surface area contributed by atoms with E-state index in [1.54, 1.807) is 17.3 Å². The van der Waals surface area contributed by atoms with Gasteiger partial charge >= 0.3 is 6.09 Å². The lowest BCUT2D eigenvalue weighted by Gasteiger charge is -2.32. The number of aryl methyl sites for hydroxylation is 1. The number of aromatic amines is 1. The molecule has 2 fully saturated rings. The highest BCUT2D eigenvalue weighted by Crippen LogP contribution is 2.35. The van der Waals surface area contributed by atoms with Crippen LogP contribution in [-0.2, 0) is 24.7 Å². The summed E-state index contributed by atoms with van der Waals surface area (Å²) in [5.74, 6) is 0.254. The van der Waals surface area contributed by atoms with Gasteiger partial charge < -0.3 is 19.9 Å². The zero-order valence-electron chi connectivity index (χ0n) is 20.9. The molecule has 2 aliphatic carbocycles. The van der Waals surface area contributed by atoms with Crippen molar-refractivity contribution in [2.24, 2.45) is 18.9 Å². The Hall–Kier alpha value is -3.94. The highest BCUT2D eigenvalue weighted by Gasteiger charge is 2.40. The summed E-state index contributed by atoms with van der Waals surface area (Å²) in [6.07, 6.45) is 9.91. The number of piperidine rings is 1. The lowest BCUT2D eigenvalue weighted by molar-refractivity contribution is -0.135. The van der Waals surface area contributed by atoms with Gasteiger partial charge in [-0.1, -0.05) is 0 Å². The van der Waals surface area contributed by atoms with Crippen LogP contribution in [0, 0.1) is 23.2 Å². The minimum Gasteiger partial charge on any atom is -0.406 e. The molecule has 0 aromatic carbocycles. The van der Waals surface area contributed by atoms with Crippen molar-refractivity contribution in [2.75, 3.05) is 13.1 Å². The summed E-state index contributed by atoms with van der Waals surface area (Å²) in [5, 5.41) is 16.6. The topological polar surface area (TPSA) is 142 Å². The van der Waals surface area contributed by atoms with Gasteiger partial charge in [-0.05, 0) is 57.3 Å². The number of carbonyl (C=O) groups is 2. The number of H-pyrrole nitrogens is 1. The van der Waals surface area contributed by atoms with E-state index in [0.717, 1.165) is 44.2 Å². The van der Waals surface area contributed by atoms with Gasteiger partial charge in [-0.15, -0.1) is 0 Å². The average Bonchev–Trinajstić information content (AvgIpc) is 3.62. The second-order valence-corrected chi connectivity index (χ2v) is 10.3. The second-order valence-electron chi connectivity index (χ2n) is 10.3. The third kappa shape index (κ3) is 4.52. The molecule has 0 radical (unpaired) electrons. The maximum Gasteiger partial charge on any atom is 0.413 e. The minimum atomic E-state index is -0.694. The first-order valence-electron chi connectivity index (χ1n) is 13.1. The standard InChI is InChI=1S/C26H30N8O3/c1-33-19-5-3-2-4-17(19)22(32-33)18-13-28-24-23(30-18)20(14-29-24)37-26(36)31-21(16-6-7-16)25(35)34-10-8-15(12-27)9-11-34/h13-16,21H,2-11H2,1H3,(H,28,29)(H,31,36)/t21-/m1/s1. The molecule has 0 unspecified atom stereocenters. The second kappa shape index (κ2) is 9.50. The first kappa shape index (κ1) is 23.5. The number of fused-ring (bicyclic) bond motifs is 2. The smallest absolute Gasteiger partial charge is 0.406 e. The van der Waals surface area contributed by atoms with Crippen molar-refractivity contribution in [1.82, 2.24) is 34.9 Å². The van der Waals surface area contributed by atoms with E-state index < -0.39 is 12.1 Å². The average molecular weight is 503 g/mol. The SMILES string of the molecule is Cn1nc(-c2cnc3[nH]cc(OC(=O)N[C@@H](C(=O)N4CCC(C#N)CC4)C4CC4)c3n2)c2c1CCCC2. The van der Waals surface area contributed by atoms with Gasteiger partial charge in [-0.3, -0.25) is 9.48 Å². The van der Waals surface area contributed by atoms with E-state index in [1.807, 2.05) is 11.7 Å². The molecule has 192 valence electrons. The Morgan fingerprint density at radius 1 is 1.22 bits per heavy atom. The maximum atomic E-state index is 13.2. The van der Waals surface area contributed by atoms with E-state index in [0.29, 0.717) is 42.8 Å². The van der Waals surface area contributed by atoms with Crippen molar-refractivity contribution < 1.29 is 14.3 Å². The first-order chi connectivity index (χ1) is 18.0. The Balaban J connectivity index is 1.19. The number of nitrogens with zero attached hydrogens (tertiary/aromatic N) is 6. The lowest BCUT2D eigenvalue weighted by Crippen LogP contribution is -2.52. The van der Waals surface area contributed by atoms with E-state index in [-0.39, 0.29) is 23.5 Å². The van der Waals surface area contributed by atoms with Gasteiger partial charge in [-0.2, -0.15) is 10.4 Å². The van der Waals surface area contributed by atoms with Crippen molar-refractivity contribution in [3.63, 3.8) is 0 Å². The van der Waals surface area contributed by atoms with Gasteiger partial charge in [0.2, 0.25) is 5.91 Å². The molecule has 3 aromatic rings. The molecule has 1 aliphatic heterocycles. The fourth-order valence-electron chi connectivity index (χ4n) is 5.53. The molecule has 3 aromatic heterocycles. The Labute approximate surface area is 214 Å². The highest BCUT2D eigenvalue weighted by molar-refractivity contribution is 5.88. The number of hydrogen-bond donors (Lipinski definition) is 2. The van der Waals surface area contributed by atoms with Crippen LogP contribution in [0.1, 0.15) is 49.8 Å². The van der Waals surface area contributed by atoms with E-state index >= 15 is 0 Å². The van der Waals surface area contributed by atoms with Gasteiger partial charge in [0, 0.05) is 43.5 Å². The molecular weight excluding hydrogens is 472 g/mol. The molecule has 4 heterocycles. The van der Waals surface area contributed by atoms with E-state index in [2.05, 4.69) is 21.4 Å². The number of nitriles is 1. The van der Waals surface area contributed by atoms with Crippen LogP contribution in [0.15, 0.2) is 12.4 Å². The fraction of sp³-hybridized carbons (Fsp3) is 0.538. The van der Waals surface area contributed by atoms with Crippen molar-refractivity contribution in [2.45, 2.75) is 57.4 Å². The van der Waals surface area contributed by atoms with Crippen LogP contribution in [-0.4, -0.2) is 60.8 Å². The maximum absolute atomic E-state index is 13.2. The number of hydrogen-bond acceptors (Lipinski definition) is 7. The molecular formula is C26H30N8O3. The van der Waals surface area contributed by atoms with Gasteiger partial charge in [0.1, 0.15) is 17.4 Å². The molecule has 2 amide bonds. The molecule has 1 atom stereocenters. The third-order valence-corrected chi connectivity index (χ3v) is 7.78. The number of likely N-dealkylation sites (tertiary alicyclic amines) is 1. The lowest BCUT2D eigenvalue weighted by atomic mass is 9.95. The summed E-state index contributed by atoms with van der Waals surface area (Å²) in [6.45, 7) is 1.07. The van der Waals surface area contributed by atoms with Crippen molar-refractivity contribution in [3.8, 4) is 23.2 Å². The summed E-state index contributed by atoms with van der Waals surface area (Å²) >= 11 is 0. The van der Waals surface area contributed by atoms with Crippen LogP contribution in [0.2, 0.25) is 0 Å². The van der Waals surface area contributed by atoms with Crippen LogP contribution in [0.4, 0.5) is 4.79 Å². The van der Waals surface area contributed by atoms with Gasteiger partial charge in [0.25, 0.3) is 0 Å². The highest BCUT2D eigenvalue weighted by atomic mass is 16.6. The van der Waals surface area contributed by atoms with Gasteiger partial charge in [0.15, 0.2) is 16.9 Å². The van der Waals surface area contributed by atoms with Crippen LogP contribution in [0.5, 0.6) is 5.75 Å². The van der Waals surface area contributed by atoms with Crippen molar-refractivity contribution >= 4 is 23.2 Å². The Bertz CT molecular complexity index is 1390. The fourth-order valence-corrected chi connectivity index (χ4v) is 5.53. The molecule has 37 heavy (non-hydrogen) atoms. The van der Waals surface area contributed by atoms with E-state index in [1.165, 1.54) is 11.3 Å². The molecule has 2 N–H and O–H groups in total. The zero-order valence-corrected chi connectivity index (χ0v) is 20.9. The van der Waals surface area contributed by atoms with Crippen molar-refractivity contribution in [1.29, 1.82) is 5.26 Å². The minimum absolute atomic E-state index is 0.00851. The number of aromatic nitrogens is 5. The Morgan fingerprint density at radius 2 is 2.00 bits per heavy atom. The molecule has 3 aliphatic rings. The number of amides is 2. The molecule has 6 rings (SSSR count). The monoisotopic (exact) mass is 502 g/mol. The van der Waals surface area contributed by atoms with Crippen LogP contribution in [0.3, 0.4) is 0 Å². The van der Waals surface area contributed by atoms with Crippen LogP contribution < -0.4 is 10.1 Å². The molecule has 0 spiro atoms. The quantitative estimate of drug-likeness (QED) is 0.546.